The lowest BCUT2D eigenvalue weighted by atomic mass is 10.0. The van der Waals surface area contributed by atoms with Crippen molar-refractivity contribution in [2.24, 2.45) is 0 Å². The van der Waals surface area contributed by atoms with Gasteiger partial charge < -0.3 is 5.11 Å². The molecule has 0 saturated carbocycles. The van der Waals surface area contributed by atoms with Crippen molar-refractivity contribution in [2.75, 3.05) is 0 Å². The summed E-state index contributed by atoms with van der Waals surface area (Å²) in [6, 6.07) is 6.39. The van der Waals surface area contributed by atoms with Crippen molar-refractivity contribution < 1.29 is 9.90 Å². The predicted octanol–water partition coefficient (Wildman–Crippen LogP) is 1.99. The first-order valence-corrected chi connectivity index (χ1v) is 3.60. The monoisotopic (exact) mass is 162 g/mol. The third-order valence-electron chi connectivity index (χ3n) is 1.64. The van der Waals surface area contributed by atoms with Crippen LogP contribution in [0.25, 0.3) is 5.57 Å². The lowest BCUT2D eigenvalue weighted by molar-refractivity contribution is -0.111. The number of carbonyl (C=O) groups is 1. The van der Waals surface area contributed by atoms with E-state index in [1.807, 2.05) is 0 Å². The van der Waals surface area contributed by atoms with Gasteiger partial charge in [0.2, 0.25) is 0 Å². The number of carbonyl (C=O) groups excluding carboxylic acids is 1. The molecule has 12 heavy (non-hydrogen) atoms. The predicted molar refractivity (Wildman–Crippen MR) is 47.8 cm³/mol. The van der Waals surface area contributed by atoms with Crippen LogP contribution in [-0.4, -0.2) is 10.9 Å². The van der Waals surface area contributed by atoms with Crippen LogP contribution in [0.3, 0.4) is 0 Å². The van der Waals surface area contributed by atoms with E-state index in [4.69, 9.17) is 5.11 Å². The van der Waals surface area contributed by atoms with Gasteiger partial charge >= 0.3 is 0 Å². The van der Waals surface area contributed by atoms with Crippen LogP contribution in [0.1, 0.15) is 12.5 Å². The molecule has 0 aliphatic carbocycles. The van der Waals surface area contributed by atoms with Crippen LogP contribution < -0.4 is 0 Å². The summed E-state index contributed by atoms with van der Waals surface area (Å²) in [5.74, 6) is 0.135. The molecule has 0 aromatic heterocycles. The van der Waals surface area contributed by atoms with Crippen LogP contribution in [0.2, 0.25) is 0 Å². The number of hydrogen-bond donors (Lipinski definition) is 1. The summed E-state index contributed by atoms with van der Waals surface area (Å²) in [7, 11) is 0. The van der Waals surface area contributed by atoms with Crippen molar-refractivity contribution in [3.05, 3.63) is 36.4 Å². The quantitative estimate of drug-likeness (QED) is 0.675. The average molecular weight is 162 g/mol. The van der Waals surface area contributed by atoms with Gasteiger partial charge in [-0.15, -0.1) is 0 Å². The summed E-state index contributed by atoms with van der Waals surface area (Å²) in [4.78, 5) is 10.9. The van der Waals surface area contributed by atoms with Gasteiger partial charge in [-0.25, -0.2) is 0 Å². The number of phenols is 1. The van der Waals surface area contributed by atoms with Crippen molar-refractivity contribution in [1.29, 1.82) is 0 Å². The maximum atomic E-state index is 10.9. The van der Waals surface area contributed by atoms with Gasteiger partial charge in [-0.1, -0.05) is 18.7 Å². The lowest BCUT2D eigenvalue weighted by Gasteiger charge is -2.00. The van der Waals surface area contributed by atoms with Gasteiger partial charge in [0.25, 0.3) is 0 Å². The first kappa shape index (κ1) is 8.53. The molecule has 1 aromatic carbocycles. The second-order valence-electron chi connectivity index (χ2n) is 2.58. The fourth-order valence-corrected chi connectivity index (χ4v) is 0.866. The number of benzene rings is 1. The number of allylic oxidation sites excluding steroid dienone is 1. The van der Waals surface area contributed by atoms with Gasteiger partial charge in [0.05, 0.1) is 0 Å². The molecular formula is C10H10O2. The van der Waals surface area contributed by atoms with Gasteiger partial charge in [0.1, 0.15) is 5.75 Å². The largest absolute Gasteiger partial charge is 0.508 e. The second kappa shape index (κ2) is 3.22. The van der Waals surface area contributed by atoms with Crippen molar-refractivity contribution in [1.82, 2.24) is 0 Å². The highest BCUT2D eigenvalue weighted by Gasteiger charge is 2.02. The Morgan fingerprint density at radius 3 is 2.25 bits per heavy atom. The molecule has 1 N–H and O–H groups in total. The van der Waals surface area contributed by atoms with E-state index < -0.39 is 0 Å². The first-order chi connectivity index (χ1) is 5.61. The third-order valence-corrected chi connectivity index (χ3v) is 1.64. The molecule has 1 aromatic rings. The molecule has 0 aliphatic heterocycles. The normalized spacial score (nSPS) is 9.42. The summed E-state index contributed by atoms with van der Waals surface area (Å²) < 4.78 is 0. The van der Waals surface area contributed by atoms with Gasteiger partial charge in [0.15, 0.2) is 5.78 Å². The SMILES string of the molecule is C=C(C(C)=O)c1ccc(O)cc1. The van der Waals surface area contributed by atoms with Crippen molar-refractivity contribution in [3.63, 3.8) is 0 Å². The molecule has 0 atom stereocenters. The third kappa shape index (κ3) is 1.72. The minimum atomic E-state index is -0.0549. The van der Waals surface area contributed by atoms with E-state index in [0.29, 0.717) is 5.57 Å². The molecule has 0 saturated heterocycles. The Bertz CT molecular complexity index is 309. The van der Waals surface area contributed by atoms with Gasteiger partial charge in [-0.2, -0.15) is 0 Å². The van der Waals surface area contributed by atoms with Crippen LogP contribution in [-0.2, 0) is 4.79 Å². The number of Topliss-reactive ketones (excluding diaryl/α,β-unsaturated/α-hetero) is 1. The Balaban J connectivity index is 2.98. The molecule has 0 spiro atoms. The van der Waals surface area contributed by atoms with Gasteiger partial charge in [-0.3, -0.25) is 4.79 Å². The van der Waals surface area contributed by atoms with E-state index in [0.717, 1.165) is 5.56 Å². The first-order valence-electron chi connectivity index (χ1n) is 3.60. The summed E-state index contributed by atoms with van der Waals surface area (Å²) in [6.07, 6.45) is 0. The zero-order chi connectivity index (χ0) is 9.14. The summed E-state index contributed by atoms with van der Waals surface area (Å²) in [5.41, 5.74) is 1.22. The van der Waals surface area contributed by atoms with Crippen molar-refractivity contribution in [3.8, 4) is 5.75 Å². The smallest absolute Gasteiger partial charge is 0.159 e. The molecule has 0 radical (unpaired) electrons. The zero-order valence-corrected chi connectivity index (χ0v) is 6.87. The van der Waals surface area contributed by atoms with E-state index in [9.17, 15) is 4.79 Å². The van der Waals surface area contributed by atoms with Crippen LogP contribution in [0.5, 0.6) is 5.75 Å². The molecule has 62 valence electrons. The maximum absolute atomic E-state index is 10.9. The van der Waals surface area contributed by atoms with Crippen LogP contribution in [0.4, 0.5) is 0 Å². The minimum Gasteiger partial charge on any atom is -0.508 e. The molecule has 0 bridgehead atoms. The van der Waals surface area contributed by atoms with E-state index in [1.165, 1.54) is 19.1 Å². The van der Waals surface area contributed by atoms with Crippen LogP contribution in [0, 0.1) is 0 Å². The van der Waals surface area contributed by atoms with Gasteiger partial charge in [0, 0.05) is 5.57 Å². The fourth-order valence-electron chi connectivity index (χ4n) is 0.866. The van der Waals surface area contributed by atoms with Crippen molar-refractivity contribution in [2.45, 2.75) is 6.92 Å². The Labute approximate surface area is 71.2 Å². The van der Waals surface area contributed by atoms with Crippen LogP contribution >= 0.6 is 0 Å². The molecule has 0 fully saturated rings. The second-order valence-corrected chi connectivity index (χ2v) is 2.58. The molecular weight excluding hydrogens is 152 g/mol. The topological polar surface area (TPSA) is 37.3 Å². The number of ketones is 1. The number of rotatable bonds is 2. The maximum Gasteiger partial charge on any atom is 0.159 e. The highest BCUT2D eigenvalue weighted by Crippen LogP contribution is 2.16. The van der Waals surface area contributed by atoms with E-state index >= 15 is 0 Å². The fraction of sp³-hybridized carbons (Fsp3) is 0.100. The van der Waals surface area contributed by atoms with E-state index in [2.05, 4.69) is 6.58 Å². The standard InChI is InChI=1S/C10H10O2/c1-7(8(2)11)9-3-5-10(12)6-4-9/h3-6,12H,1H2,2H3. The summed E-state index contributed by atoms with van der Waals surface area (Å²) in [5, 5.41) is 8.96. The Morgan fingerprint density at radius 2 is 1.83 bits per heavy atom. The molecule has 2 heteroatoms. The number of aromatic hydroxyl groups is 1. The highest BCUT2D eigenvalue weighted by molar-refractivity contribution is 6.18. The van der Waals surface area contributed by atoms with Crippen LogP contribution in [0.15, 0.2) is 30.8 Å². The highest BCUT2D eigenvalue weighted by atomic mass is 16.3. The molecule has 0 heterocycles. The molecule has 0 unspecified atom stereocenters. The summed E-state index contributed by atoms with van der Waals surface area (Å²) >= 11 is 0. The number of hydrogen-bond acceptors (Lipinski definition) is 2. The average Bonchev–Trinajstić information content (AvgIpc) is 2.04. The molecule has 1 rings (SSSR count). The molecule has 0 amide bonds. The van der Waals surface area contributed by atoms with E-state index in [1.54, 1.807) is 12.1 Å². The molecule has 2 nitrogen and oxygen atoms in total. The van der Waals surface area contributed by atoms with Crippen molar-refractivity contribution >= 4 is 11.4 Å². The molecule has 0 aliphatic rings. The Morgan fingerprint density at radius 1 is 1.33 bits per heavy atom. The van der Waals surface area contributed by atoms with E-state index in [-0.39, 0.29) is 11.5 Å². The lowest BCUT2D eigenvalue weighted by Crippen LogP contribution is -1.92. The Kier molecular flexibility index (Phi) is 2.29. The zero-order valence-electron chi connectivity index (χ0n) is 6.87. The minimum absolute atomic E-state index is 0.0549. The summed E-state index contributed by atoms with van der Waals surface area (Å²) in [6.45, 7) is 5.09. The Hall–Kier alpha value is -1.57. The van der Waals surface area contributed by atoms with Gasteiger partial charge in [-0.05, 0) is 24.6 Å². The number of phenolic OH excluding ortho intramolecular Hbond substituents is 1.